The highest BCUT2D eigenvalue weighted by Gasteiger charge is 2.31. The van der Waals surface area contributed by atoms with Crippen molar-refractivity contribution >= 4 is 17.4 Å². The van der Waals surface area contributed by atoms with Crippen LogP contribution in [0.15, 0.2) is 4.99 Å². The van der Waals surface area contributed by atoms with E-state index in [9.17, 15) is 15.2 Å². The van der Waals surface area contributed by atoms with E-state index in [1.54, 1.807) is 0 Å². The molecule has 0 aromatic carbocycles. The number of hydrogen-bond acceptors (Lipinski definition) is 5. The van der Waals surface area contributed by atoms with Crippen LogP contribution in [-0.2, 0) is 0 Å². The van der Waals surface area contributed by atoms with Gasteiger partial charge in [-0.2, -0.15) is 0 Å². The second-order valence-corrected chi connectivity index (χ2v) is 9.67. The Kier molecular flexibility index (Phi) is 17.8. The van der Waals surface area contributed by atoms with Crippen LogP contribution >= 0.6 is 11.6 Å². The minimum Gasteiger partial charge on any atom is -0.394 e. The summed E-state index contributed by atoms with van der Waals surface area (Å²) in [6, 6.07) is -1.08. The first-order valence-corrected chi connectivity index (χ1v) is 13.8. The first kappa shape index (κ1) is 29.2. The molecule has 0 aromatic rings. The Morgan fingerprint density at radius 3 is 1.91 bits per heavy atom. The van der Waals surface area contributed by atoms with Gasteiger partial charge in [-0.3, -0.25) is 15.1 Å². The third-order valence-corrected chi connectivity index (χ3v) is 7.00. The summed E-state index contributed by atoms with van der Waals surface area (Å²) in [6.45, 7) is 3.63. The summed E-state index contributed by atoms with van der Waals surface area (Å²) in [4.78, 5) is 17.4. The largest absolute Gasteiger partial charge is 0.394 e. The second kappa shape index (κ2) is 19.6. The molecule has 6 nitrogen and oxygen atoms in total. The number of aliphatic hydroxyl groups is 1. The van der Waals surface area contributed by atoms with Crippen molar-refractivity contribution in [3.8, 4) is 0 Å². The topological polar surface area (TPSA) is 79.0 Å². The lowest BCUT2D eigenvalue weighted by molar-refractivity contribution is -0.518. The van der Waals surface area contributed by atoms with Crippen LogP contribution in [0, 0.1) is 10.1 Å². The summed E-state index contributed by atoms with van der Waals surface area (Å²) >= 11 is 5.74. The van der Waals surface area contributed by atoms with Crippen LogP contribution in [-0.4, -0.2) is 58.4 Å². The van der Waals surface area contributed by atoms with Crippen LogP contribution in [0.4, 0.5) is 0 Å². The van der Waals surface area contributed by atoms with Crippen LogP contribution in [0.2, 0.25) is 0 Å². The number of aliphatic hydroxyl groups excluding tert-OH is 1. The average molecular weight is 474 g/mol. The Morgan fingerprint density at radius 2 is 1.47 bits per heavy atom. The third kappa shape index (κ3) is 13.0. The monoisotopic (exact) mass is 473 g/mol. The number of aliphatic imine (C=N–C) groups is 1. The van der Waals surface area contributed by atoms with Crippen molar-refractivity contribution in [1.82, 2.24) is 4.90 Å². The molecule has 0 radical (unpaired) electrons. The zero-order valence-electron chi connectivity index (χ0n) is 20.5. The predicted octanol–water partition coefficient (Wildman–Crippen LogP) is 6.60. The Morgan fingerprint density at radius 1 is 0.969 bits per heavy atom. The fraction of sp³-hybridized carbons (Fsp3) is 0.960. The van der Waals surface area contributed by atoms with Crippen LogP contribution in [0.5, 0.6) is 0 Å². The summed E-state index contributed by atoms with van der Waals surface area (Å²) in [5, 5.41) is 20.9. The van der Waals surface area contributed by atoms with Gasteiger partial charge in [-0.25, -0.2) is 0 Å². The molecule has 0 saturated carbocycles. The number of nitrogens with zero attached hydrogens (tertiary/aromatic N) is 3. The lowest BCUT2D eigenvalue weighted by Crippen LogP contribution is -2.44. The molecule has 0 bridgehead atoms. The summed E-state index contributed by atoms with van der Waals surface area (Å²) in [7, 11) is 0. The van der Waals surface area contributed by atoms with E-state index >= 15 is 0 Å². The van der Waals surface area contributed by atoms with Gasteiger partial charge >= 0.3 is 0 Å². The van der Waals surface area contributed by atoms with Crippen molar-refractivity contribution in [2.75, 3.05) is 25.6 Å². The Hall–Kier alpha value is -0.880. The van der Waals surface area contributed by atoms with E-state index in [2.05, 4.69) is 16.8 Å². The number of amidine groups is 1. The van der Waals surface area contributed by atoms with E-state index in [0.29, 0.717) is 6.54 Å². The van der Waals surface area contributed by atoms with Crippen LogP contribution < -0.4 is 0 Å². The predicted molar refractivity (Wildman–Crippen MR) is 136 cm³/mol. The smallest absolute Gasteiger partial charge is 0.228 e. The molecule has 1 aliphatic rings. The maximum atomic E-state index is 11.1. The molecule has 0 fully saturated rings. The highest BCUT2D eigenvalue weighted by Crippen LogP contribution is 2.19. The minimum atomic E-state index is -0.818. The fourth-order valence-electron chi connectivity index (χ4n) is 4.60. The Bertz CT molecular complexity index is 505. The van der Waals surface area contributed by atoms with E-state index in [-0.39, 0.29) is 29.9 Å². The van der Waals surface area contributed by atoms with Gasteiger partial charge in [0.05, 0.1) is 30.9 Å². The molecule has 1 heterocycles. The van der Waals surface area contributed by atoms with Gasteiger partial charge in [0.2, 0.25) is 6.04 Å². The zero-order valence-corrected chi connectivity index (χ0v) is 21.2. The van der Waals surface area contributed by atoms with Crippen molar-refractivity contribution < 1.29 is 10.0 Å². The minimum absolute atomic E-state index is 0.0249. The molecule has 0 saturated heterocycles. The molecule has 0 aromatic heterocycles. The van der Waals surface area contributed by atoms with Gasteiger partial charge in [-0.05, 0) is 6.42 Å². The first-order chi connectivity index (χ1) is 15.6. The quantitative estimate of drug-likeness (QED) is 0.0831. The van der Waals surface area contributed by atoms with E-state index in [0.717, 1.165) is 25.2 Å². The van der Waals surface area contributed by atoms with Gasteiger partial charge in [0.25, 0.3) is 0 Å². The zero-order chi connectivity index (χ0) is 23.4. The van der Waals surface area contributed by atoms with Gasteiger partial charge in [0, 0.05) is 24.3 Å². The molecule has 0 aliphatic carbocycles. The normalized spacial score (nSPS) is 15.7. The Balaban J connectivity index is 2.04. The molecule has 1 rings (SSSR count). The van der Waals surface area contributed by atoms with Crippen LogP contribution in [0.3, 0.4) is 0 Å². The van der Waals surface area contributed by atoms with E-state index in [1.807, 2.05) is 0 Å². The molecule has 188 valence electrons. The lowest BCUT2D eigenvalue weighted by atomic mass is 10.0. The number of unbranched alkanes of at least 4 members (excludes halogenated alkanes) is 14. The van der Waals surface area contributed by atoms with Gasteiger partial charge in [-0.15, -0.1) is 11.6 Å². The standard InChI is InChI=1S/C25H48ClN3O3/c1-2-3-4-5-6-7-8-9-10-11-12-13-14-15-16-17-25-27-18-19-28(25)24(22-30)20-23(21-26)29(31)32/h23-24,30H,2-22H2,1H3/t23-,24?/m1/s1. The van der Waals surface area contributed by atoms with Crippen LogP contribution in [0.1, 0.15) is 116 Å². The van der Waals surface area contributed by atoms with E-state index in [4.69, 9.17) is 11.6 Å². The van der Waals surface area contributed by atoms with Crippen molar-refractivity contribution in [2.24, 2.45) is 4.99 Å². The van der Waals surface area contributed by atoms with Crippen molar-refractivity contribution in [3.63, 3.8) is 0 Å². The molecule has 2 atom stereocenters. The fourth-order valence-corrected chi connectivity index (χ4v) is 4.84. The molecular weight excluding hydrogens is 426 g/mol. The average Bonchev–Trinajstić information content (AvgIpc) is 3.25. The summed E-state index contributed by atoms with van der Waals surface area (Å²) in [5.41, 5.74) is 0. The number of hydrogen-bond donors (Lipinski definition) is 1. The van der Waals surface area contributed by atoms with Crippen molar-refractivity contribution in [1.29, 1.82) is 0 Å². The number of alkyl halides is 1. The number of halogens is 1. The molecule has 7 heteroatoms. The molecule has 0 spiro atoms. The highest BCUT2D eigenvalue weighted by atomic mass is 35.5. The maximum Gasteiger partial charge on any atom is 0.228 e. The van der Waals surface area contributed by atoms with Crippen molar-refractivity contribution in [3.05, 3.63) is 10.1 Å². The van der Waals surface area contributed by atoms with Crippen molar-refractivity contribution in [2.45, 2.75) is 128 Å². The van der Waals surface area contributed by atoms with E-state index < -0.39 is 6.04 Å². The molecule has 1 aliphatic heterocycles. The Labute approximate surface area is 201 Å². The van der Waals surface area contributed by atoms with Crippen LogP contribution in [0.25, 0.3) is 0 Å². The van der Waals surface area contributed by atoms with Gasteiger partial charge < -0.3 is 10.0 Å². The molecule has 1 unspecified atom stereocenters. The van der Waals surface area contributed by atoms with Gasteiger partial charge in [0.15, 0.2) is 0 Å². The number of rotatable bonds is 22. The van der Waals surface area contributed by atoms with Gasteiger partial charge in [-0.1, -0.05) is 96.8 Å². The summed E-state index contributed by atoms with van der Waals surface area (Å²) in [6.07, 6.45) is 21.4. The third-order valence-electron chi connectivity index (χ3n) is 6.64. The highest BCUT2D eigenvalue weighted by molar-refractivity contribution is 6.18. The van der Waals surface area contributed by atoms with E-state index in [1.165, 1.54) is 89.9 Å². The molecule has 1 N–H and O–H groups in total. The summed E-state index contributed by atoms with van der Waals surface area (Å²) in [5.74, 6) is 0.985. The molecule has 32 heavy (non-hydrogen) atoms. The SMILES string of the molecule is CCCCCCCCCCCCCCCCCC1=NCCN1C(CO)C[C@H](CCl)[N+](=O)[O-]. The van der Waals surface area contributed by atoms with Gasteiger partial charge in [0.1, 0.15) is 0 Å². The maximum absolute atomic E-state index is 11.1. The molecule has 0 amide bonds. The second-order valence-electron chi connectivity index (χ2n) is 9.36. The first-order valence-electron chi connectivity index (χ1n) is 13.2. The molecular formula is C25H48ClN3O3. The number of nitro groups is 1. The lowest BCUT2D eigenvalue weighted by Gasteiger charge is -2.29. The summed E-state index contributed by atoms with van der Waals surface area (Å²) < 4.78 is 0.